The van der Waals surface area contributed by atoms with Gasteiger partial charge in [-0.1, -0.05) is 13.3 Å². The molecule has 0 aromatic rings. The summed E-state index contributed by atoms with van der Waals surface area (Å²) in [6.45, 7) is 2.10. The van der Waals surface area contributed by atoms with Crippen LogP contribution in [0.1, 0.15) is 19.8 Å². The fourth-order valence-corrected chi connectivity index (χ4v) is 0.607. The number of nitrogens with two attached hydrogens (primary N) is 1. The predicted octanol–water partition coefficient (Wildman–Crippen LogP) is -0.327. The van der Waals surface area contributed by atoms with Crippen LogP contribution in [0.15, 0.2) is 0 Å². The van der Waals surface area contributed by atoms with Crippen LogP contribution >= 0.6 is 0 Å². The first-order valence-corrected chi connectivity index (χ1v) is 3.88. The number of unbranched alkanes of at least 4 members (excludes halogenated alkanes) is 1. The molecule has 13 heavy (non-hydrogen) atoms. The summed E-state index contributed by atoms with van der Waals surface area (Å²) in [6.07, 6.45) is -0.186. The van der Waals surface area contributed by atoms with Crippen molar-refractivity contribution < 1.29 is 24.3 Å². The normalized spacial score (nSPS) is 12.2. The minimum Gasteiger partial charge on any atom is -0.479 e. The average Bonchev–Trinajstić information content (AvgIpc) is 2.05. The molecule has 0 rings (SSSR count). The first kappa shape index (κ1) is 11.9. The molecule has 1 atom stereocenters. The summed E-state index contributed by atoms with van der Waals surface area (Å²) in [5.74, 6) is 2.17. The molecule has 0 saturated heterocycles. The summed E-state index contributed by atoms with van der Waals surface area (Å²) >= 11 is 0. The molecule has 0 bridgehead atoms. The summed E-state index contributed by atoms with van der Waals surface area (Å²) in [6, 6.07) is 0. The van der Waals surface area contributed by atoms with E-state index in [1.54, 1.807) is 0 Å². The van der Waals surface area contributed by atoms with E-state index in [0.29, 0.717) is 6.42 Å². The highest BCUT2D eigenvalue weighted by atomic mass is 16.7. The molecule has 0 aromatic heterocycles. The Kier molecular flexibility index (Phi) is 5.82. The van der Waals surface area contributed by atoms with Crippen molar-refractivity contribution in [2.75, 3.05) is 6.61 Å². The van der Waals surface area contributed by atoms with E-state index in [1.807, 2.05) is 6.92 Å². The summed E-state index contributed by atoms with van der Waals surface area (Å²) in [5.41, 5.74) is 0. The van der Waals surface area contributed by atoms with Gasteiger partial charge in [0, 0.05) is 0 Å². The number of hydrogen-bond acceptors (Lipinski definition) is 5. The lowest BCUT2D eigenvalue weighted by molar-refractivity contribution is -0.170. The van der Waals surface area contributed by atoms with Gasteiger partial charge in [-0.2, -0.15) is 0 Å². The minimum absolute atomic E-state index is 0.183. The van der Waals surface area contributed by atoms with Gasteiger partial charge in [-0.05, 0) is 6.42 Å². The zero-order valence-electron chi connectivity index (χ0n) is 7.36. The second-order valence-corrected chi connectivity index (χ2v) is 2.38. The molecule has 76 valence electrons. The molecule has 0 aliphatic carbocycles. The Morgan fingerprint density at radius 3 is 2.54 bits per heavy atom. The van der Waals surface area contributed by atoms with E-state index in [4.69, 9.17) is 5.11 Å². The van der Waals surface area contributed by atoms with Crippen LogP contribution in [-0.4, -0.2) is 29.8 Å². The summed E-state index contributed by atoms with van der Waals surface area (Å²) in [7, 11) is 0. The van der Waals surface area contributed by atoms with Crippen LogP contribution in [-0.2, 0) is 19.2 Å². The maximum atomic E-state index is 10.9. The van der Waals surface area contributed by atoms with Gasteiger partial charge in [0.2, 0.25) is 0 Å². The van der Waals surface area contributed by atoms with Gasteiger partial charge in [0.25, 0.3) is 6.10 Å². The lowest BCUT2D eigenvalue weighted by Gasteiger charge is -2.08. The average molecular weight is 191 g/mol. The van der Waals surface area contributed by atoms with Gasteiger partial charge in [0.1, 0.15) is 0 Å². The zero-order chi connectivity index (χ0) is 10.3. The molecule has 0 saturated carbocycles. The Balaban J connectivity index is 3.85. The summed E-state index contributed by atoms with van der Waals surface area (Å²) in [4.78, 5) is 25.1. The molecule has 0 aromatic carbocycles. The van der Waals surface area contributed by atoms with Crippen molar-refractivity contribution in [3.05, 3.63) is 0 Å². The highest BCUT2D eigenvalue weighted by Gasteiger charge is 2.28. The molecule has 0 fully saturated rings. The molecular weight excluding hydrogens is 178 g/mol. The van der Waals surface area contributed by atoms with Crippen molar-refractivity contribution >= 4 is 11.9 Å². The standard InChI is InChI=1S/C7H13NO5/c1-2-3-4-12-7(11)5(13-8)6(9)10/h5H,2-4,8H2,1H3,(H,9,10). The lowest BCUT2D eigenvalue weighted by Crippen LogP contribution is -2.36. The highest BCUT2D eigenvalue weighted by molar-refractivity contribution is 5.96. The quantitative estimate of drug-likeness (QED) is 0.258. The topological polar surface area (TPSA) is 98.9 Å². The molecule has 0 heterocycles. The number of rotatable bonds is 6. The summed E-state index contributed by atoms with van der Waals surface area (Å²) in [5, 5.41) is 8.39. The van der Waals surface area contributed by atoms with Gasteiger partial charge in [0.05, 0.1) is 6.61 Å². The van der Waals surface area contributed by atoms with Crippen LogP contribution in [0, 0.1) is 0 Å². The number of esters is 1. The van der Waals surface area contributed by atoms with E-state index < -0.39 is 18.0 Å². The minimum atomic E-state index is -1.73. The molecule has 0 radical (unpaired) electrons. The molecular formula is C7H13NO5. The van der Waals surface area contributed by atoms with E-state index in [9.17, 15) is 9.59 Å². The smallest absolute Gasteiger partial charge is 0.349 e. The van der Waals surface area contributed by atoms with Crippen molar-refractivity contribution in [3.63, 3.8) is 0 Å². The molecule has 0 amide bonds. The molecule has 6 heteroatoms. The van der Waals surface area contributed by atoms with Crippen molar-refractivity contribution in [2.45, 2.75) is 25.9 Å². The van der Waals surface area contributed by atoms with Crippen LogP contribution in [0.4, 0.5) is 0 Å². The monoisotopic (exact) mass is 191 g/mol. The first-order valence-electron chi connectivity index (χ1n) is 3.88. The lowest BCUT2D eigenvalue weighted by atomic mass is 10.3. The Morgan fingerprint density at radius 1 is 1.54 bits per heavy atom. The first-order chi connectivity index (χ1) is 6.13. The molecule has 0 spiro atoms. The second-order valence-electron chi connectivity index (χ2n) is 2.38. The summed E-state index contributed by atoms with van der Waals surface area (Å²) < 4.78 is 4.57. The molecule has 6 nitrogen and oxygen atoms in total. The van der Waals surface area contributed by atoms with E-state index in [1.165, 1.54) is 0 Å². The number of aliphatic carboxylic acids is 1. The third kappa shape index (κ3) is 4.44. The maximum absolute atomic E-state index is 10.9. The second kappa shape index (κ2) is 6.38. The van der Waals surface area contributed by atoms with Crippen molar-refractivity contribution in [2.24, 2.45) is 5.90 Å². The van der Waals surface area contributed by atoms with Crippen molar-refractivity contribution in [3.8, 4) is 0 Å². The van der Waals surface area contributed by atoms with Gasteiger partial charge in [-0.3, -0.25) is 4.84 Å². The molecule has 3 N–H and O–H groups in total. The van der Waals surface area contributed by atoms with E-state index in [2.05, 4.69) is 15.5 Å². The number of hydrogen-bond donors (Lipinski definition) is 2. The Hall–Kier alpha value is -1.14. The molecule has 0 aliphatic heterocycles. The van der Waals surface area contributed by atoms with Crippen LogP contribution < -0.4 is 5.90 Å². The Morgan fingerprint density at radius 2 is 2.15 bits per heavy atom. The van der Waals surface area contributed by atoms with Crippen LogP contribution in [0.2, 0.25) is 0 Å². The van der Waals surface area contributed by atoms with E-state index in [0.717, 1.165) is 6.42 Å². The van der Waals surface area contributed by atoms with Crippen LogP contribution in [0.25, 0.3) is 0 Å². The number of carbonyl (C=O) groups excluding carboxylic acids is 1. The number of ether oxygens (including phenoxy) is 1. The zero-order valence-corrected chi connectivity index (χ0v) is 7.36. The fourth-order valence-electron chi connectivity index (χ4n) is 0.607. The van der Waals surface area contributed by atoms with E-state index >= 15 is 0 Å². The van der Waals surface area contributed by atoms with Gasteiger partial charge in [-0.15, -0.1) is 0 Å². The largest absolute Gasteiger partial charge is 0.479 e. The number of carboxylic acid groups (broad SMARTS) is 1. The Labute approximate surface area is 75.6 Å². The predicted molar refractivity (Wildman–Crippen MR) is 42.6 cm³/mol. The fraction of sp³-hybridized carbons (Fsp3) is 0.714. The van der Waals surface area contributed by atoms with Crippen LogP contribution in [0.3, 0.4) is 0 Å². The molecule has 0 aliphatic rings. The van der Waals surface area contributed by atoms with Crippen LogP contribution in [0.5, 0.6) is 0 Å². The van der Waals surface area contributed by atoms with Crippen molar-refractivity contribution in [1.29, 1.82) is 0 Å². The van der Waals surface area contributed by atoms with Gasteiger partial charge in [0.15, 0.2) is 0 Å². The third-order valence-corrected chi connectivity index (χ3v) is 1.32. The number of carbonyl (C=O) groups is 2. The highest BCUT2D eigenvalue weighted by Crippen LogP contribution is 1.95. The van der Waals surface area contributed by atoms with Gasteiger partial charge < -0.3 is 9.84 Å². The maximum Gasteiger partial charge on any atom is 0.349 e. The SMILES string of the molecule is CCCCOC(=O)C(ON)C(=O)O. The number of carboxylic acids is 1. The van der Waals surface area contributed by atoms with E-state index in [-0.39, 0.29) is 6.61 Å². The Bertz CT molecular complexity index is 182. The van der Waals surface area contributed by atoms with Gasteiger partial charge >= 0.3 is 11.9 Å². The third-order valence-electron chi connectivity index (χ3n) is 1.32. The van der Waals surface area contributed by atoms with Gasteiger partial charge in [-0.25, -0.2) is 15.5 Å². The molecule has 1 unspecified atom stereocenters. The van der Waals surface area contributed by atoms with Crippen molar-refractivity contribution in [1.82, 2.24) is 0 Å².